The van der Waals surface area contributed by atoms with E-state index in [4.69, 9.17) is 9.47 Å². The number of esters is 1. The first-order chi connectivity index (χ1) is 14.9. The second-order valence-corrected chi connectivity index (χ2v) is 7.10. The van der Waals surface area contributed by atoms with Crippen molar-refractivity contribution in [1.82, 2.24) is 5.32 Å². The van der Waals surface area contributed by atoms with Crippen LogP contribution in [0.1, 0.15) is 20.8 Å². The molecule has 2 amide bonds. The van der Waals surface area contributed by atoms with Gasteiger partial charge in [-0.3, -0.25) is 9.59 Å². The molecule has 0 bridgehead atoms. The van der Waals surface area contributed by atoms with E-state index in [0.29, 0.717) is 6.07 Å². The van der Waals surface area contributed by atoms with Crippen LogP contribution in [0.2, 0.25) is 0 Å². The zero-order valence-corrected chi connectivity index (χ0v) is 17.3. The van der Waals surface area contributed by atoms with Crippen molar-refractivity contribution in [3.05, 3.63) is 59.7 Å². The molecule has 0 radical (unpaired) electrons. The number of amides is 2. The Hall–Kier alpha value is -3.63. The zero-order valence-electron chi connectivity index (χ0n) is 17.3. The zero-order chi connectivity index (χ0) is 24.1. The first kappa shape index (κ1) is 24.6. The van der Waals surface area contributed by atoms with E-state index in [9.17, 15) is 31.9 Å². The van der Waals surface area contributed by atoms with Crippen LogP contribution in [0.25, 0.3) is 0 Å². The molecule has 0 heterocycles. The second-order valence-electron chi connectivity index (χ2n) is 7.10. The Morgan fingerprint density at radius 1 is 0.969 bits per heavy atom. The molecule has 2 N–H and O–H groups in total. The van der Waals surface area contributed by atoms with E-state index in [-0.39, 0.29) is 5.75 Å². The number of hydrogen-bond acceptors (Lipinski definition) is 5. The third-order valence-corrected chi connectivity index (χ3v) is 4.06. The van der Waals surface area contributed by atoms with E-state index < -0.39 is 65.0 Å². The van der Waals surface area contributed by atoms with Crippen LogP contribution >= 0.6 is 0 Å². The van der Waals surface area contributed by atoms with Gasteiger partial charge in [-0.15, -0.1) is 0 Å². The summed E-state index contributed by atoms with van der Waals surface area (Å²) in [4.78, 5) is 36.3. The molecule has 0 aromatic heterocycles. The summed E-state index contributed by atoms with van der Waals surface area (Å²) < 4.78 is 63.2. The van der Waals surface area contributed by atoms with E-state index in [1.54, 1.807) is 0 Å². The van der Waals surface area contributed by atoms with Gasteiger partial charge in [0.05, 0.1) is 12.2 Å². The predicted molar refractivity (Wildman–Crippen MR) is 105 cm³/mol. The van der Waals surface area contributed by atoms with Gasteiger partial charge in [0.1, 0.15) is 11.6 Å². The molecule has 0 aliphatic heterocycles. The van der Waals surface area contributed by atoms with E-state index in [1.165, 1.54) is 32.9 Å². The van der Waals surface area contributed by atoms with Crippen molar-refractivity contribution in [2.75, 3.05) is 11.9 Å². The fourth-order valence-corrected chi connectivity index (χ4v) is 2.32. The highest BCUT2D eigenvalue weighted by Gasteiger charge is 2.34. The van der Waals surface area contributed by atoms with E-state index >= 15 is 0 Å². The third kappa shape index (κ3) is 6.43. The highest BCUT2D eigenvalue weighted by molar-refractivity contribution is 5.95. The number of hydrogen-bond donors (Lipinski definition) is 2. The summed E-state index contributed by atoms with van der Waals surface area (Å²) >= 11 is 0. The fourth-order valence-electron chi connectivity index (χ4n) is 2.32. The van der Waals surface area contributed by atoms with Crippen LogP contribution in [-0.2, 0) is 19.1 Å². The molecule has 11 heteroatoms. The van der Waals surface area contributed by atoms with E-state index in [2.05, 4.69) is 5.32 Å². The normalized spacial score (nSPS) is 12.0. The Morgan fingerprint density at radius 2 is 1.59 bits per heavy atom. The molecule has 0 saturated carbocycles. The number of nitrogens with one attached hydrogen (secondary N) is 2. The van der Waals surface area contributed by atoms with E-state index in [0.717, 1.165) is 18.2 Å². The molecule has 0 unspecified atom stereocenters. The van der Waals surface area contributed by atoms with Crippen molar-refractivity contribution in [2.24, 2.45) is 0 Å². The summed E-state index contributed by atoms with van der Waals surface area (Å²) in [5.74, 6) is -7.73. The van der Waals surface area contributed by atoms with Crippen LogP contribution in [0, 0.1) is 23.3 Å². The van der Waals surface area contributed by atoms with Gasteiger partial charge in [-0.05, 0) is 57.2 Å². The number of carbonyl (C=O) groups is 3. The van der Waals surface area contributed by atoms with Gasteiger partial charge < -0.3 is 20.1 Å². The monoisotopic (exact) mass is 456 g/mol. The highest BCUT2D eigenvalue weighted by Crippen LogP contribution is 2.21. The van der Waals surface area contributed by atoms with Gasteiger partial charge in [0.25, 0.3) is 5.91 Å². The lowest BCUT2D eigenvalue weighted by atomic mass is 10.1. The molecule has 2 aromatic carbocycles. The summed E-state index contributed by atoms with van der Waals surface area (Å²) in [6.45, 7) is 3.35. The number of ether oxygens (including phenoxy) is 2. The summed E-state index contributed by atoms with van der Waals surface area (Å²) in [6, 6.07) is 6.36. The van der Waals surface area contributed by atoms with Gasteiger partial charge in [-0.1, -0.05) is 0 Å². The molecule has 0 aliphatic rings. The maximum atomic E-state index is 13.6. The minimum atomic E-state index is -1.75. The van der Waals surface area contributed by atoms with Gasteiger partial charge >= 0.3 is 5.97 Å². The van der Waals surface area contributed by atoms with Crippen LogP contribution in [-0.4, -0.2) is 36.0 Å². The Bertz CT molecular complexity index is 1010. The quantitative estimate of drug-likeness (QED) is 0.362. The lowest BCUT2D eigenvalue weighted by Gasteiger charge is -2.26. The molecule has 0 aliphatic carbocycles. The SMILES string of the molecule is C[C@H](OC(=O)C(C)(C)Oc1ccc(F)cc1)C(=O)NCC(=O)Nc1ccc(F)c(F)c1F. The van der Waals surface area contributed by atoms with Crippen molar-refractivity contribution in [1.29, 1.82) is 0 Å². The predicted octanol–water partition coefficient (Wildman–Crippen LogP) is 3.09. The topological polar surface area (TPSA) is 93.7 Å². The molecule has 2 rings (SSSR count). The van der Waals surface area contributed by atoms with E-state index in [1.807, 2.05) is 5.32 Å². The Labute approximate surface area is 180 Å². The summed E-state index contributed by atoms with van der Waals surface area (Å²) in [5.41, 5.74) is -2.13. The second kappa shape index (κ2) is 10.1. The maximum absolute atomic E-state index is 13.6. The minimum absolute atomic E-state index is 0.201. The third-order valence-electron chi connectivity index (χ3n) is 4.06. The summed E-state index contributed by atoms with van der Waals surface area (Å²) in [7, 11) is 0. The first-order valence-electron chi connectivity index (χ1n) is 9.27. The largest absolute Gasteiger partial charge is 0.476 e. The Kier molecular flexibility index (Phi) is 7.79. The standard InChI is InChI=1S/C21H20F4N2O5/c1-11(31-20(30)21(2,3)32-13-6-4-12(22)5-7-13)19(29)26-10-16(28)27-15-9-8-14(23)17(24)18(15)25/h4-9,11H,10H2,1-3H3,(H,26,29)(H,27,28)/t11-/m0/s1. The van der Waals surface area contributed by atoms with Crippen molar-refractivity contribution in [3.63, 3.8) is 0 Å². The average molecular weight is 456 g/mol. The van der Waals surface area contributed by atoms with Crippen LogP contribution in [0.3, 0.4) is 0 Å². The molecular formula is C21H20F4N2O5. The number of rotatable bonds is 8. The van der Waals surface area contributed by atoms with Crippen molar-refractivity contribution in [2.45, 2.75) is 32.5 Å². The fraction of sp³-hybridized carbons (Fsp3) is 0.286. The molecule has 0 saturated heterocycles. The molecule has 2 aromatic rings. The van der Waals surface area contributed by atoms with Crippen LogP contribution in [0.5, 0.6) is 5.75 Å². The van der Waals surface area contributed by atoms with Gasteiger partial charge in [0, 0.05) is 0 Å². The molecule has 7 nitrogen and oxygen atoms in total. The minimum Gasteiger partial charge on any atom is -0.476 e. The number of carbonyl (C=O) groups excluding carboxylic acids is 3. The van der Waals surface area contributed by atoms with Crippen molar-refractivity contribution >= 4 is 23.5 Å². The maximum Gasteiger partial charge on any atom is 0.350 e. The van der Waals surface area contributed by atoms with Gasteiger partial charge in [0.15, 0.2) is 29.2 Å². The highest BCUT2D eigenvalue weighted by atomic mass is 19.2. The Balaban J connectivity index is 1.86. The number of halogens is 4. The molecule has 32 heavy (non-hydrogen) atoms. The molecule has 1 atom stereocenters. The molecule has 172 valence electrons. The van der Waals surface area contributed by atoms with Crippen LogP contribution in [0.15, 0.2) is 36.4 Å². The van der Waals surface area contributed by atoms with Gasteiger partial charge in [0.2, 0.25) is 5.91 Å². The number of benzene rings is 2. The smallest absolute Gasteiger partial charge is 0.350 e. The molecule has 0 fully saturated rings. The number of anilines is 1. The summed E-state index contributed by atoms with van der Waals surface area (Å²) in [5, 5.41) is 4.14. The van der Waals surface area contributed by atoms with Crippen molar-refractivity contribution in [3.8, 4) is 5.75 Å². The summed E-state index contributed by atoms with van der Waals surface area (Å²) in [6.07, 6.45) is -1.33. The van der Waals surface area contributed by atoms with Gasteiger partial charge in [-0.2, -0.15) is 0 Å². The first-order valence-corrected chi connectivity index (χ1v) is 9.27. The lowest BCUT2D eigenvalue weighted by molar-refractivity contribution is -0.167. The lowest BCUT2D eigenvalue weighted by Crippen LogP contribution is -2.45. The van der Waals surface area contributed by atoms with Crippen LogP contribution < -0.4 is 15.4 Å². The van der Waals surface area contributed by atoms with Crippen LogP contribution in [0.4, 0.5) is 23.2 Å². The Morgan fingerprint density at radius 3 is 2.22 bits per heavy atom. The van der Waals surface area contributed by atoms with Gasteiger partial charge in [-0.25, -0.2) is 22.4 Å². The van der Waals surface area contributed by atoms with Crippen molar-refractivity contribution < 1.29 is 41.4 Å². The molecular weight excluding hydrogens is 436 g/mol. The molecule has 0 spiro atoms. The average Bonchev–Trinajstić information content (AvgIpc) is 2.73.